The average molecular weight is 400 g/mol. The van der Waals surface area contributed by atoms with Crippen molar-refractivity contribution in [2.75, 3.05) is 6.54 Å². The molecule has 6 heteroatoms. The number of piperidine rings is 1. The van der Waals surface area contributed by atoms with Gasteiger partial charge in [-0.05, 0) is 35.1 Å². The zero-order chi connectivity index (χ0) is 18.6. The number of nitrogens with zero attached hydrogens (tertiary/aromatic N) is 1. The number of nitrogens with one attached hydrogen (secondary N) is 2. The first-order chi connectivity index (χ1) is 13.2. The summed E-state index contributed by atoms with van der Waals surface area (Å²) >= 11 is 0. The molecule has 28 heavy (non-hydrogen) atoms. The molecular formula is C22H26ClN3O2. The zero-order valence-corrected chi connectivity index (χ0v) is 16.6. The fraction of sp³-hybridized carbons (Fsp3) is 0.364. The van der Waals surface area contributed by atoms with Gasteiger partial charge in [-0.2, -0.15) is 0 Å². The van der Waals surface area contributed by atoms with E-state index in [-0.39, 0.29) is 24.2 Å². The molecule has 0 radical (unpaired) electrons. The van der Waals surface area contributed by atoms with Gasteiger partial charge >= 0.3 is 0 Å². The average Bonchev–Trinajstić information content (AvgIpc) is 3.17. The second-order valence-corrected chi connectivity index (χ2v) is 7.28. The van der Waals surface area contributed by atoms with Crippen LogP contribution in [-0.2, 0) is 29.2 Å². The van der Waals surface area contributed by atoms with Crippen LogP contribution in [0.4, 0.5) is 0 Å². The lowest BCUT2D eigenvalue weighted by Gasteiger charge is -2.34. The molecule has 2 heterocycles. The van der Waals surface area contributed by atoms with Gasteiger partial charge in [0.25, 0.3) is 0 Å². The molecule has 2 aromatic carbocycles. The number of hydrogen-bond acceptors (Lipinski definition) is 3. The number of fused-ring (bicyclic) bond motifs is 1. The topological polar surface area (TPSA) is 61.4 Å². The molecular weight excluding hydrogens is 374 g/mol. The molecule has 2 N–H and O–H groups in total. The number of rotatable bonds is 5. The quantitative estimate of drug-likeness (QED) is 0.812. The van der Waals surface area contributed by atoms with Gasteiger partial charge in [0.15, 0.2) is 0 Å². The van der Waals surface area contributed by atoms with E-state index in [1.165, 1.54) is 11.1 Å². The number of likely N-dealkylation sites (tertiary alicyclic amines) is 1. The maximum absolute atomic E-state index is 13.1. The molecule has 2 aromatic rings. The Morgan fingerprint density at radius 2 is 1.86 bits per heavy atom. The molecule has 0 spiro atoms. The van der Waals surface area contributed by atoms with Gasteiger partial charge in [-0.1, -0.05) is 48.5 Å². The minimum absolute atomic E-state index is 0. The van der Waals surface area contributed by atoms with Gasteiger partial charge in [0.05, 0.1) is 0 Å². The Labute approximate surface area is 171 Å². The summed E-state index contributed by atoms with van der Waals surface area (Å²) < 4.78 is 0. The lowest BCUT2D eigenvalue weighted by atomic mass is 10.00. The maximum Gasteiger partial charge on any atom is 0.247 e. The van der Waals surface area contributed by atoms with Gasteiger partial charge < -0.3 is 15.5 Å². The van der Waals surface area contributed by atoms with Crippen LogP contribution in [-0.4, -0.2) is 23.3 Å². The third kappa shape index (κ3) is 4.37. The molecule has 5 nitrogen and oxygen atoms in total. The van der Waals surface area contributed by atoms with Crippen molar-refractivity contribution in [1.82, 2.24) is 15.5 Å². The van der Waals surface area contributed by atoms with E-state index in [1.807, 2.05) is 30.3 Å². The fourth-order valence-electron chi connectivity index (χ4n) is 3.95. The van der Waals surface area contributed by atoms with E-state index in [0.717, 1.165) is 37.1 Å². The number of amides is 2. The molecule has 2 aliphatic heterocycles. The predicted octanol–water partition coefficient (Wildman–Crippen LogP) is 3.08. The van der Waals surface area contributed by atoms with Crippen LogP contribution in [0.2, 0.25) is 0 Å². The van der Waals surface area contributed by atoms with Crippen LogP contribution in [0.1, 0.15) is 47.6 Å². The smallest absolute Gasteiger partial charge is 0.247 e. The van der Waals surface area contributed by atoms with Crippen molar-refractivity contribution >= 4 is 24.2 Å². The second kappa shape index (κ2) is 9.22. The Balaban J connectivity index is 0.00000225. The highest BCUT2D eigenvalue weighted by Crippen LogP contribution is 2.26. The molecule has 1 atom stereocenters. The van der Waals surface area contributed by atoms with E-state index in [4.69, 9.17) is 0 Å². The van der Waals surface area contributed by atoms with E-state index >= 15 is 0 Å². The summed E-state index contributed by atoms with van der Waals surface area (Å²) in [6, 6.07) is 15.4. The number of hydrogen-bond donors (Lipinski definition) is 2. The second-order valence-electron chi connectivity index (χ2n) is 7.28. The van der Waals surface area contributed by atoms with Crippen molar-refractivity contribution in [1.29, 1.82) is 0 Å². The molecule has 2 amide bonds. The first kappa shape index (κ1) is 20.4. The summed E-state index contributed by atoms with van der Waals surface area (Å²) in [5.74, 6) is -0.0519. The summed E-state index contributed by atoms with van der Waals surface area (Å²) in [4.78, 5) is 27.3. The lowest BCUT2D eigenvalue weighted by Crippen LogP contribution is -2.45. The number of benzene rings is 2. The molecule has 1 unspecified atom stereocenters. The van der Waals surface area contributed by atoms with Crippen LogP contribution >= 0.6 is 12.4 Å². The molecule has 148 valence electrons. The summed E-state index contributed by atoms with van der Waals surface area (Å²) in [6.07, 6.45) is 2.37. The van der Waals surface area contributed by atoms with Gasteiger partial charge in [-0.15, -0.1) is 12.4 Å². The minimum Gasteiger partial charge on any atom is -0.350 e. The van der Waals surface area contributed by atoms with Crippen LogP contribution < -0.4 is 10.6 Å². The van der Waals surface area contributed by atoms with Crippen molar-refractivity contribution in [3.05, 3.63) is 70.8 Å². The largest absolute Gasteiger partial charge is 0.350 e. The van der Waals surface area contributed by atoms with Crippen molar-refractivity contribution in [3.63, 3.8) is 0 Å². The highest BCUT2D eigenvalue weighted by molar-refractivity contribution is 5.89. The molecule has 0 aliphatic carbocycles. The maximum atomic E-state index is 13.1. The van der Waals surface area contributed by atoms with E-state index in [0.29, 0.717) is 19.5 Å². The van der Waals surface area contributed by atoms with E-state index in [1.54, 1.807) is 4.90 Å². The summed E-state index contributed by atoms with van der Waals surface area (Å²) in [5, 5.41) is 6.39. The summed E-state index contributed by atoms with van der Waals surface area (Å²) in [5.41, 5.74) is 4.57. The Morgan fingerprint density at radius 1 is 1.07 bits per heavy atom. The highest BCUT2D eigenvalue weighted by Gasteiger charge is 2.32. The molecule has 1 saturated heterocycles. The van der Waals surface area contributed by atoms with Crippen LogP contribution in [0.15, 0.2) is 48.5 Å². The monoisotopic (exact) mass is 399 g/mol. The Hall–Kier alpha value is -2.37. The lowest BCUT2D eigenvalue weighted by molar-refractivity contribution is -0.142. The zero-order valence-electron chi connectivity index (χ0n) is 15.8. The first-order valence-corrected chi connectivity index (χ1v) is 9.66. The Morgan fingerprint density at radius 3 is 2.64 bits per heavy atom. The number of carbonyl (C=O) groups excluding carboxylic acids is 2. The molecule has 0 aromatic heterocycles. The van der Waals surface area contributed by atoms with Crippen LogP contribution in [0.3, 0.4) is 0 Å². The third-order valence-electron chi connectivity index (χ3n) is 5.40. The van der Waals surface area contributed by atoms with Crippen molar-refractivity contribution in [2.45, 2.75) is 44.9 Å². The summed E-state index contributed by atoms with van der Waals surface area (Å²) in [6.45, 7) is 2.90. The molecule has 2 aliphatic rings. The molecule has 0 saturated carbocycles. The van der Waals surface area contributed by atoms with Gasteiger partial charge in [0.2, 0.25) is 11.8 Å². The Kier molecular flexibility index (Phi) is 6.70. The Bertz CT molecular complexity index is 841. The van der Waals surface area contributed by atoms with E-state index < -0.39 is 6.04 Å². The minimum atomic E-state index is -0.560. The number of halogens is 1. The van der Waals surface area contributed by atoms with Gasteiger partial charge in [-0.25, -0.2) is 0 Å². The van der Waals surface area contributed by atoms with Crippen LogP contribution in [0.25, 0.3) is 0 Å². The predicted molar refractivity (Wildman–Crippen MR) is 111 cm³/mol. The fourth-order valence-corrected chi connectivity index (χ4v) is 3.95. The molecule has 0 bridgehead atoms. The van der Waals surface area contributed by atoms with E-state index in [9.17, 15) is 9.59 Å². The normalized spacial score (nSPS) is 16.9. The van der Waals surface area contributed by atoms with E-state index in [2.05, 4.69) is 28.8 Å². The SMILES string of the molecule is Cl.O=C(NCc1ccc2c(c1)CNC2)C(c1ccccc1)N1CCCCC1=O. The van der Waals surface area contributed by atoms with Crippen molar-refractivity contribution < 1.29 is 9.59 Å². The van der Waals surface area contributed by atoms with Gasteiger partial charge in [0, 0.05) is 32.6 Å². The summed E-state index contributed by atoms with van der Waals surface area (Å²) in [7, 11) is 0. The standard InChI is InChI=1S/C22H25N3O2.ClH/c26-20-8-4-5-11-25(20)21(17-6-2-1-3-7-17)22(27)24-13-16-9-10-18-14-23-15-19(18)12-16;/h1-3,6-7,9-10,12,21,23H,4-5,8,11,13-15H2,(H,24,27);1H. The number of carbonyl (C=O) groups is 2. The molecule has 4 rings (SSSR count). The molecule has 1 fully saturated rings. The first-order valence-electron chi connectivity index (χ1n) is 9.66. The van der Waals surface area contributed by atoms with Gasteiger partial charge in [0.1, 0.15) is 6.04 Å². The van der Waals surface area contributed by atoms with Gasteiger partial charge in [-0.3, -0.25) is 9.59 Å². The van der Waals surface area contributed by atoms with Crippen LogP contribution in [0.5, 0.6) is 0 Å². The third-order valence-corrected chi connectivity index (χ3v) is 5.40. The highest BCUT2D eigenvalue weighted by atomic mass is 35.5. The van der Waals surface area contributed by atoms with Crippen molar-refractivity contribution in [3.8, 4) is 0 Å². The van der Waals surface area contributed by atoms with Crippen molar-refractivity contribution in [2.24, 2.45) is 0 Å². The van der Waals surface area contributed by atoms with Crippen LogP contribution in [0, 0.1) is 0 Å².